The zero-order valence-electron chi connectivity index (χ0n) is 19.6. The summed E-state index contributed by atoms with van der Waals surface area (Å²) in [5, 5.41) is 8.83. The summed E-state index contributed by atoms with van der Waals surface area (Å²) in [7, 11) is 0. The van der Waals surface area contributed by atoms with Crippen molar-refractivity contribution in [1.29, 1.82) is 0 Å². The Morgan fingerprint density at radius 1 is 0.971 bits per heavy atom. The van der Waals surface area contributed by atoms with Crippen molar-refractivity contribution >= 4 is 39.9 Å². The lowest BCUT2D eigenvalue weighted by Crippen LogP contribution is -2.39. The molecule has 35 heavy (non-hydrogen) atoms. The number of nitrogens with one attached hydrogen (secondary N) is 1. The highest BCUT2D eigenvalue weighted by Crippen LogP contribution is 2.46. The van der Waals surface area contributed by atoms with E-state index in [1.54, 1.807) is 0 Å². The number of aromatic nitrogens is 1. The number of anilines is 3. The Hall–Kier alpha value is -4.22. The third-order valence-electron chi connectivity index (χ3n) is 6.64. The number of carbonyl (C=O) groups excluding carboxylic acids is 3. The van der Waals surface area contributed by atoms with Gasteiger partial charge in [0.15, 0.2) is 11.5 Å². The van der Waals surface area contributed by atoms with Crippen molar-refractivity contribution in [3.8, 4) is 11.3 Å². The molecule has 1 aliphatic heterocycles. The van der Waals surface area contributed by atoms with E-state index in [9.17, 15) is 4.79 Å². The zero-order chi connectivity index (χ0) is 24.5. The van der Waals surface area contributed by atoms with Gasteiger partial charge in [-0.15, -0.1) is 0 Å². The van der Waals surface area contributed by atoms with Crippen LogP contribution in [0, 0.1) is 11.8 Å². The quantitative estimate of drug-likeness (QED) is 0.365. The van der Waals surface area contributed by atoms with Gasteiger partial charge in [0.05, 0.1) is 22.3 Å². The van der Waals surface area contributed by atoms with Gasteiger partial charge in [-0.25, -0.2) is 0 Å². The summed E-state index contributed by atoms with van der Waals surface area (Å²) in [6.45, 7) is 6.54. The molecule has 2 unspecified atom stereocenters. The van der Waals surface area contributed by atoms with Gasteiger partial charge < -0.3 is 14.7 Å². The Bertz CT molecular complexity index is 1430. The molecule has 6 rings (SSSR count). The number of fused-ring (bicyclic) bond motifs is 2. The van der Waals surface area contributed by atoms with Gasteiger partial charge in [-0.05, 0) is 36.5 Å². The van der Waals surface area contributed by atoms with Crippen molar-refractivity contribution in [2.45, 2.75) is 20.3 Å². The van der Waals surface area contributed by atoms with E-state index in [4.69, 9.17) is 14.1 Å². The Morgan fingerprint density at radius 2 is 1.60 bits per heavy atom. The third-order valence-corrected chi connectivity index (χ3v) is 6.64. The van der Waals surface area contributed by atoms with Gasteiger partial charge in [-0.2, -0.15) is 9.59 Å². The molecule has 1 aromatic heterocycles. The monoisotopic (exact) mass is 467 g/mol. The summed E-state index contributed by atoms with van der Waals surface area (Å²) in [4.78, 5) is 32.3. The first-order valence-corrected chi connectivity index (χ1v) is 11.7. The molecule has 1 N–H and O–H groups in total. The van der Waals surface area contributed by atoms with Crippen LogP contribution in [0.15, 0.2) is 65.2 Å². The fourth-order valence-corrected chi connectivity index (χ4v) is 5.42. The van der Waals surface area contributed by atoms with Crippen LogP contribution < -0.4 is 10.2 Å². The lowest BCUT2D eigenvalue weighted by Gasteiger charge is -2.37. The van der Waals surface area contributed by atoms with Gasteiger partial charge in [0.1, 0.15) is 5.52 Å². The Morgan fingerprint density at radius 3 is 2.29 bits per heavy atom. The molecule has 3 aromatic carbocycles. The molecule has 2 atom stereocenters. The summed E-state index contributed by atoms with van der Waals surface area (Å²) in [5.41, 5.74) is 5.66. The smallest absolute Gasteiger partial charge is 0.369 e. The highest BCUT2D eigenvalue weighted by molar-refractivity contribution is 6.28. The van der Waals surface area contributed by atoms with Gasteiger partial charge in [0.25, 0.3) is 0 Å². The molecule has 0 radical (unpaired) electrons. The SMILES string of the molecule is CC1CC(C)CN(c2cc(Nc3ccccc3)c3c4c(onc24)-c2ccccc2C3=O)C1.O=C=O. The van der Waals surface area contributed by atoms with Crippen LogP contribution in [0.3, 0.4) is 0 Å². The average molecular weight is 468 g/mol. The maximum atomic E-state index is 13.7. The van der Waals surface area contributed by atoms with Crippen LogP contribution in [0.5, 0.6) is 0 Å². The Labute approximate surface area is 202 Å². The maximum Gasteiger partial charge on any atom is 0.373 e. The molecular formula is C28H25N3O4. The van der Waals surface area contributed by atoms with Crippen LogP contribution in [0.25, 0.3) is 22.2 Å². The number of piperidine rings is 1. The van der Waals surface area contributed by atoms with Crippen LogP contribution in [-0.2, 0) is 9.59 Å². The zero-order valence-corrected chi connectivity index (χ0v) is 19.6. The molecule has 0 amide bonds. The lowest BCUT2D eigenvalue weighted by atomic mass is 9.85. The van der Waals surface area contributed by atoms with Gasteiger partial charge in [-0.3, -0.25) is 4.79 Å². The van der Waals surface area contributed by atoms with Crippen molar-refractivity contribution in [1.82, 2.24) is 5.16 Å². The number of rotatable bonds is 3. The largest absolute Gasteiger partial charge is 0.373 e. The van der Waals surface area contributed by atoms with Gasteiger partial charge in [-0.1, -0.05) is 61.5 Å². The summed E-state index contributed by atoms with van der Waals surface area (Å²) in [6, 6.07) is 19.7. The molecule has 7 nitrogen and oxygen atoms in total. The van der Waals surface area contributed by atoms with Gasteiger partial charge in [0, 0.05) is 29.9 Å². The van der Waals surface area contributed by atoms with Crippen LogP contribution in [0.4, 0.5) is 17.1 Å². The maximum absolute atomic E-state index is 13.7. The normalized spacial score (nSPS) is 18.3. The van der Waals surface area contributed by atoms with E-state index in [2.05, 4.69) is 35.3 Å². The number of nitrogens with zero attached hydrogens (tertiary/aromatic N) is 2. The Balaban J connectivity index is 0.000000806. The minimum atomic E-state index is 0.00617. The molecule has 4 aromatic rings. The number of hydrogen-bond donors (Lipinski definition) is 1. The summed E-state index contributed by atoms with van der Waals surface area (Å²) < 4.78 is 5.90. The fraction of sp³-hybridized carbons (Fsp3) is 0.250. The molecule has 176 valence electrons. The van der Waals surface area contributed by atoms with Gasteiger partial charge >= 0.3 is 6.15 Å². The van der Waals surface area contributed by atoms with E-state index in [0.29, 0.717) is 28.7 Å². The van der Waals surface area contributed by atoms with Crippen molar-refractivity contribution in [3.05, 3.63) is 71.8 Å². The molecule has 1 aliphatic carbocycles. The fourth-order valence-electron chi connectivity index (χ4n) is 5.42. The summed E-state index contributed by atoms with van der Waals surface area (Å²) >= 11 is 0. The highest BCUT2D eigenvalue weighted by Gasteiger charge is 2.34. The molecule has 1 fully saturated rings. The van der Waals surface area contributed by atoms with Crippen LogP contribution in [0.1, 0.15) is 36.2 Å². The summed E-state index contributed by atoms with van der Waals surface area (Å²) in [6.07, 6.45) is 1.47. The minimum absolute atomic E-state index is 0.00617. The molecule has 0 spiro atoms. The number of benzene rings is 3. The molecule has 2 heterocycles. The van der Waals surface area contributed by atoms with E-state index < -0.39 is 0 Å². The van der Waals surface area contributed by atoms with Crippen molar-refractivity contribution in [2.24, 2.45) is 11.8 Å². The van der Waals surface area contributed by atoms with Crippen LogP contribution in [0.2, 0.25) is 0 Å². The Kier molecular flexibility index (Phi) is 5.93. The van der Waals surface area contributed by atoms with E-state index in [-0.39, 0.29) is 11.9 Å². The predicted octanol–water partition coefficient (Wildman–Crippen LogP) is 5.68. The van der Waals surface area contributed by atoms with Crippen molar-refractivity contribution < 1.29 is 18.9 Å². The molecular weight excluding hydrogens is 442 g/mol. The molecule has 2 aliphatic rings. The van der Waals surface area contributed by atoms with Crippen LogP contribution in [-0.4, -0.2) is 30.2 Å². The number of ketones is 1. The van der Waals surface area contributed by atoms with E-state index in [1.807, 2.05) is 54.6 Å². The topological polar surface area (TPSA) is 92.5 Å². The van der Waals surface area contributed by atoms with Gasteiger partial charge in [0.2, 0.25) is 0 Å². The molecule has 0 bridgehead atoms. The van der Waals surface area contributed by atoms with E-state index in [1.165, 1.54) is 6.42 Å². The van der Waals surface area contributed by atoms with E-state index in [0.717, 1.165) is 46.6 Å². The van der Waals surface area contributed by atoms with Crippen molar-refractivity contribution in [2.75, 3.05) is 23.3 Å². The first-order chi connectivity index (χ1) is 17.0. The standard InChI is InChI=1S/C27H25N3O2.CO2/c1-16-12-17(2)15-30(14-16)22-13-21(28-18-8-4-3-5-9-18)23-24-25(22)29-32-27(24)20-11-7-6-10-19(20)26(23)31;2-1-3/h3-11,13,16-17,28H,12,14-15H2,1-2H3;. The number of para-hydroxylation sites is 1. The second-order valence-corrected chi connectivity index (χ2v) is 9.35. The number of carbonyl (C=O) groups is 1. The predicted molar refractivity (Wildman–Crippen MR) is 133 cm³/mol. The highest BCUT2D eigenvalue weighted by atomic mass is 16.5. The minimum Gasteiger partial charge on any atom is -0.369 e. The average Bonchev–Trinajstić information content (AvgIpc) is 3.29. The first kappa shape index (κ1) is 22.6. The molecule has 1 saturated heterocycles. The molecule has 0 saturated carbocycles. The second kappa shape index (κ2) is 9.20. The second-order valence-electron chi connectivity index (χ2n) is 9.35. The number of hydrogen-bond acceptors (Lipinski definition) is 7. The lowest BCUT2D eigenvalue weighted by molar-refractivity contribution is -0.191. The van der Waals surface area contributed by atoms with Crippen LogP contribution >= 0.6 is 0 Å². The van der Waals surface area contributed by atoms with Crippen molar-refractivity contribution in [3.63, 3.8) is 0 Å². The third kappa shape index (κ3) is 4.00. The molecule has 7 heteroatoms. The van der Waals surface area contributed by atoms with E-state index >= 15 is 0 Å². The first-order valence-electron chi connectivity index (χ1n) is 11.7. The summed E-state index contributed by atoms with van der Waals surface area (Å²) in [5.74, 6) is 1.88.